The van der Waals surface area contributed by atoms with Crippen LogP contribution in [0, 0.1) is 0 Å². The Balaban J connectivity index is 1.76. The fourth-order valence-electron chi connectivity index (χ4n) is 4.14. The van der Waals surface area contributed by atoms with Crippen molar-refractivity contribution in [3.05, 3.63) is 71.3 Å². The van der Waals surface area contributed by atoms with Gasteiger partial charge in [0.2, 0.25) is 5.91 Å². The van der Waals surface area contributed by atoms with Crippen LogP contribution in [0.25, 0.3) is 0 Å². The van der Waals surface area contributed by atoms with Crippen LogP contribution in [0.15, 0.2) is 54.6 Å². The van der Waals surface area contributed by atoms with Gasteiger partial charge in [-0.15, -0.1) is 0 Å². The lowest BCUT2D eigenvalue weighted by molar-refractivity contribution is -0.120. The Morgan fingerprint density at radius 1 is 1.00 bits per heavy atom. The minimum atomic E-state index is -0.0159. The summed E-state index contributed by atoms with van der Waals surface area (Å²) in [6.45, 7) is 1.55. The monoisotopic (exact) mass is 320 g/mol. The van der Waals surface area contributed by atoms with Crippen molar-refractivity contribution in [3.63, 3.8) is 0 Å². The first-order chi connectivity index (χ1) is 11.6. The van der Waals surface area contributed by atoms with E-state index in [2.05, 4.69) is 17.4 Å². The van der Waals surface area contributed by atoms with Gasteiger partial charge in [0.05, 0.1) is 12.1 Å². The van der Waals surface area contributed by atoms with E-state index in [0.29, 0.717) is 0 Å². The largest absolute Gasteiger partial charge is 0.353 e. The summed E-state index contributed by atoms with van der Waals surface area (Å²) in [4.78, 5) is 26.6. The van der Waals surface area contributed by atoms with Crippen molar-refractivity contribution in [1.82, 2.24) is 10.2 Å². The van der Waals surface area contributed by atoms with Crippen LogP contribution in [0.3, 0.4) is 0 Å². The van der Waals surface area contributed by atoms with Crippen molar-refractivity contribution in [3.8, 4) is 0 Å². The molecular weight excluding hydrogens is 300 g/mol. The van der Waals surface area contributed by atoms with Gasteiger partial charge in [-0.2, -0.15) is 0 Å². The molecule has 2 aliphatic heterocycles. The minimum Gasteiger partial charge on any atom is -0.353 e. The number of amides is 2. The second-order valence-electron chi connectivity index (χ2n) is 6.61. The molecule has 4 rings (SSSR count). The molecule has 4 nitrogen and oxygen atoms in total. The fourth-order valence-corrected chi connectivity index (χ4v) is 4.14. The van der Waals surface area contributed by atoms with Gasteiger partial charge < -0.3 is 10.2 Å². The number of carbonyl (C=O) groups is 2. The minimum absolute atomic E-state index is 0.0123. The molecule has 2 heterocycles. The van der Waals surface area contributed by atoms with E-state index in [4.69, 9.17) is 0 Å². The SMILES string of the molecule is CC(=O)NC1CC(c2ccccc2)N2C(=O)c3ccccc3C2C1. The van der Waals surface area contributed by atoms with E-state index in [-0.39, 0.29) is 29.9 Å². The van der Waals surface area contributed by atoms with Crippen molar-refractivity contribution in [2.24, 2.45) is 0 Å². The van der Waals surface area contributed by atoms with Gasteiger partial charge in [-0.3, -0.25) is 9.59 Å². The second-order valence-corrected chi connectivity index (χ2v) is 6.61. The summed E-state index contributed by atoms with van der Waals surface area (Å²) in [6.07, 6.45) is 1.52. The van der Waals surface area contributed by atoms with Crippen LogP contribution in [0.4, 0.5) is 0 Å². The average molecular weight is 320 g/mol. The zero-order valence-corrected chi connectivity index (χ0v) is 13.6. The Labute approximate surface area is 141 Å². The lowest BCUT2D eigenvalue weighted by atomic mass is 9.86. The van der Waals surface area contributed by atoms with Gasteiger partial charge in [0, 0.05) is 18.5 Å². The van der Waals surface area contributed by atoms with Crippen molar-refractivity contribution < 1.29 is 9.59 Å². The van der Waals surface area contributed by atoms with Gasteiger partial charge in [-0.1, -0.05) is 48.5 Å². The molecule has 3 unspecified atom stereocenters. The molecule has 2 amide bonds. The predicted molar refractivity (Wildman–Crippen MR) is 91.4 cm³/mol. The maximum atomic E-state index is 13.0. The van der Waals surface area contributed by atoms with Crippen molar-refractivity contribution in [2.45, 2.75) is 37.9 Å². The Kier molecular flexibility index (Phi) is 3.60. The lowest BCUT2D eigenvalue weighted by Gasteiger charge is -2.42. The molecule has 2 aromatic rings. The standard InChI is InChI=1S/C20H20N2O2/c1-13(23)21-15-11-18(14-7-3-2-4-8-14)22-19(12-15)16-9-5-6-10-17(16)20(22)24/h2-10,15,18-19H,11-12H2,1H3,(H,21,23). The zero-order chi connectivity index (χ0) is 16.7. The first kappa shape index (κ1) is 14.9. The molecule has 1 fully saturated rings. The molecule has 3 atom stereocenters. The molecule has 0 radical (unpaired) electrons. The number of nitrogens with one attached hydrogen (secondary N) is 1. The first-order valence-corrected chi connectivity index (χ1v) is 8.39. The molecule has 1 saturated heterocycles. The average Bonchev–Trinajstić information content (AvgIpc) is 2.88. The van der Waals surface area contributed by atoms with Gasteiger partial charge in [-0.05, 0) is 30.0 Å². The van der Waals surface area contributed by atoms with Crippen LogP contribution in [-0.2, 0) is 4.79 Å². The number of nitrogens with zero attached hydrogens (tertiary/aromatic N) is 1. The van der Waals surface area contributed by atoms with Crippen LogP contribution < -0.4 is 5.32 Å². The number of piperidine rings is 1. The van der Waals surface area contributed by atoms with Crippen molar-refractivity contribution in [2.75, 3.05) is 0 Å². The highest BCUT2D eigenvalue weighted by molar-refractivity contribution is 5.99. The van der Waals surface area contributed by atoms with Gasteiger partial charge in [0.1, 0.15) is 0 Å². The van der Waals surface area contributed by atoms with Crippen LogP contribution >= 0.6 is 0 Å². The third kappa shape index (κ3) is 2.39. The molecule has 0 spiro atoms. The van der Waals surface area contributed by atoms with E-state index in [1.54, 1.807) is 6.92 Å². The van der Waals surface area contributed by atoms with Gasteiger partial charge in [-0.25, -0.2) is 0 Å². The predicted octanol–water partition coefficient (Wildman–Crippen LogP) is 3.22. The molecule has 0 aromatic heterocycles. The van der Waals surface area contributed by atoms with Gasteiger partial charge in [0.25, 0.3) is 5.91 Å². The van der Waals surface area contributed by atoms with Crippen LogP contribution in [-0.4, -0.2) is 22.8 Å². The van der Waals surface area contributed by atoms with E-state index < -0.39 is 0 Å². The molecule has 2 aliphatic rings. The highest BCUT2D eigenvalue weighted by atomic mass is 16.2. The summed E-state index contributed by atoms with van der Waals surface area (Å²) < 4.78 is 0. The Morgan fingerprint density at radius 2 is 1.67 bits per heavy atom. The topological polar surface area (TPSA) is 49.4 Å². The van der Waals surface area contributed by atoms with Crippen molar-refractivity contribution in [1.29, 1.82) is 0 Å². The molecule has 0 saturated carbocycles. The second kappa shape index (κ2) is 5.78. The third-order valence-electron chi connectivity index (χ3n) is 5.06. The summed E-state index contributed by atoms with van der Waals surface area (Å²) in [6, 6.07) is 18.0. The van der Waals surface area contributed by atoms with Crippen LogP contribution in [0.2, 0.25) is 0 Å². The summed E-state index contributed by atoms with van der Waals surface area (Å²) >= 11 is 0. The maximum absolute atomic E-state index is 13.0. The number of benzene rings is 2. The van der Waals surface area contributed by atoms with E-state index in [1.165, 1.54) is 0 Å². The Hall–Kier alpha value is -2.62. The molecule has 0 bridgehead atoms. The van der Waals surface area contributed by atoms with E-state index in [9.17, 15) is 9.59 Å². The molecule has 0 aliphatic carbocycles. The van der Waals surface area contributed by atoms with Gasteiger partial charge in [0.15, 0.2) is 0 Å². The molecule has 4 heteroatoms. The number of carbonyl (C=O) groups excluding carboxylic acids is 2. The smallest absolute Gasteiger partial charge is 0.255 e. The number of rotatable bonds is 2. The Bertz CT molecular complexity index is 787. The highest BCUT2D eigenvalue weighted by Gasteiger charge is 2.46. The van der Waals surface area contributed by atoms with Crippen molar-refractivity contribution >= 4 is 11.8 Å². The highest BCUT2D eigenvalue weighted by Crippen LogP contribution is 2.47. The number of hydrogen-bond donors (Lipinski definition) is 1. The summed E-state index contributed by atoms with van der Waals surface area (Å²) in [5, 5.41) is 3.06. The lowest BCUT2D eigenvalue weighted by Crippen LogP contribution is -2.46. The van der Waals surface area contributed by atoms with Gasteiger partial charge >= 0.3 is 0 Å². The van der Waals surface area contributed by atoms with E-state index in [0.717, 1.165) is 29.5 Å². The summed E-state index contributed by atoms with van der Waals surface area (Å²) in [7, 11) is 0. The third-order valence-corrected chi connectivity index (χ3v) is 5.06. The fraction of sp³-hybridized carbons (Fsp3) is 0.300. The molecule has 1 N–H and O–H groups in total. The molecule has 2 aromatic carbocycles. The van der Waals surface area contributed by atoms with E-state index in [1.807, 2.05) is 47.4 Å². The summed E-state index contributed by atoms with van der Waals surface area (Å²) in [5.74, 6) is 0.0867. The van der Waals surface area contributed by atoms with Crippen LogP contribution in [0.5, 0.6) is 0 Å². The van der Waals surface area contributed by atoms with E-state index >= 15 is 0 Å². The Morgan fingerprint density at radius 3 is 2.42 bits per heavy atom. The first-order valence-electron chi connectivity index (χ1n) is 8.39. The molecule has 24 heavy (non-hydrogen) atoms. The zero-order valence-electron chi connectivity index (χ0n) is 13.6. The number of hydrogen-bond acceptors (Lipinski definition) is 2. The van der Waals surface area contributed by atoms with Crippen LogP contribution in [0.1, 0.15) is 53.3 Å². The quantitative estimate of drug-likeness (QED) is 0.923. The molecule has 122 valence electrons. The number of fused-ring (bicyclic) bond motifs is 3. The maximum Gasteiger partial charge on any atom is 0.255 e. The summed E-state index contributed by atoms with van der Waals surface area (Å²) in [5.41, 5.74) is 3.00. The normalized spacial score (nSPS) is 25.1. The molecular formula is C20H20N2O2.